The highest BCUT2D eigenvalue weighted by Gasteiger charge is 2.15. The van der Waals surface area contributed by atoms with Crippen LogP contribution in [0.5, 0.6) is 0 Å². The van der Waals surface area contributed by atoms with Crippen LogP contribution in [0.3, 0.4) is 0 Å². The van der Waals surface area contributed by atoms with Gasteiger partial charge in [-0.25, -0.2) is 12.8 Å². The molecule has 2 N–H and O–H groups in total. The van der Waals surface area contributed by atoms with E-state index in [9.17, 15) is 17.6 Å². The van der Waals surface area contributed by atoms with E-state index in [0.717, 1.165) is 11.5 Å². The van der Waals surface area contributed by atoms with Crippen LogP contribution in [0.4, 0.5) is 10.1 Å². The lowest BCUT2D eigenvalue weighted by atomic mass is 10.1. The third-order valence-corrected chi connectivity index (χ3v) is 5.10. The van der Waals surface area contributed by atoms with Gasteiger partial charge in [0, 0.05) is 5.56 Å². The molecule has 3 aromatic rings. The van der Waals surface area contributed by atoms with Crippen molar-refractivity contribution in [3.63, 3.8) is 0 Å². The summed E-state index contributed by atoms with van der Waals surface area (Å²) in [4.78, 5) is 14.4. The van der Waals surface area contributed by atoms with Gasteiger partial charge in [-0.2, -0.15) is 0 Å². The molecule has 0 amide bonds. The molecule has 0 saturated carbocycles. The first kappa shape index (κ1) is 16.2. The standard InChI is InChI=1S/C17H15FN2O3S/c1-10-8-14(5-6-15(10)18)24(22,23)20-13-4-3-12-7-11(2)17(21)19-16(12)9-13/h3-9,20H,1-2H3,(H,19,21). The molecule has 7 heteroatoms. The first-order valence-corrected chi connectivity index (χ1v) is 8.67. The van der Waals surface area contributed by atoms with Crippen LogP contribution in [0, 0.1) is 19.7 Å². The number of sulfonamides is 1. The fourth-order valence-electron chi connectivity index (χ4n) is 2.37. The fraction of sp³-hybridized carbons (Fsp3) is 0.118. The van der Waals surface area contributed by atoms with Gasteiger partial charge in [-0.05, 0) is 61.2 Å². The highest BCUT2D eigenvalue weighted by molar-refractivity contribution is 7.92. The van der Waals surface area contributed by atoms with E-state index in [1.165, 1.54) is 19.1 Å². The Labute approximate surface area is 138 Å². The lowest BCUT2D eigenvalue weighted by Crippen LogP contribution is -2.14. The summed E-state index contributed by atoms with van der Waals surface area (Å²) in [7, 11) is -3.85. The van der Waals surface area contributed by atoms with Gasteiger partial charge < -0.3 is 4.98 Å². The molecule has 0 unspecified atom stereocenters. The number of hydrogen-bond acceptors (Lipinski definition) is 3. The number of H-pyrrole nitrogens is 1. The van der Waals surface area contributed by atoms with Crippen LogP contribution >= 0.6 is 0 Å². The van der Waals surface area contributed by atoms with Crippen molar-refractivity contribution in [2.75, 3.05) is 4.72 Å². The topological polar surface area (TPSA) is 79.0 Å². The molecular formula is C17H15FN2O3S. The molecule has 0 aliphatic heterocycles. The SMILES string of the molecule is Cc1cc(S(=O)(=O)Nc2ccc3cc(C)c(=O)[nH]c3c2)ccc1F. The van der Waals surface area contributed by atoms with E-state index in [0.29, 0.717) is 16.8 Å². The van der Waals surface area contributed by atoms with E-state index in [-0.39, 0.29) is 16.0 Å². The molecule has 0 atom stereocenters. The number of pyridine rings is 1. The van der Waals surface area contributed by atoms with E-state index in [1.54, 1.807) is 31.2 Å². The summed E-state index contributed by atoms with van der Waals surface area (Å²) >= 11 is 0. The zero-order valence-corrected chi connectivity index (χ0v) is 13.9. The Bertz CT molecular complexity index is 1100. The van der Waals surface area contributed by atoms with Crippen molar-refractivity contribution in [1.82, 2.24) is 4.98 Å². The van der Waals surface area contributed by atoms with E-state index < -0.39 is 15.8 Å². The molecule has 3 rings (SSSR count). The van der Waals surface area contributed by atoms with Crippen LogP contribution in [-0.2, 0) is 10.0 Å². The molecule has 0 bridgehead atoms. The van der Waals surface area contributed by atoms with Crippen LogP contribution in [0.15, 0.2) is 52.2 Å². The van der Waals surface area contributed by atoms with Gasteiger partial charge in [-0.3, -0.25) is 9.52 Å². The maximum absolute atomic E-state index is 13.3. The largest absolute Gasteiger partial charge is 0.322 e. The Morgan fingerprint density at radius 3 is 2.46 bits per heavy atom. The second-order valence-electron chi connectivity index (χ2n) is 5.60. The Kier molecular flexibility index (Phi) is 3.88. The molecule has 0 fully saturated rings. The number of aromatic nitrogens is 1. The van der Waals surface area contributed by atoms with Gasteiger partial charge in [0.15, 0.2) is 0 Å². The third kappa shape index (κ3) is 3.03. The van der Waals surface area contributed by atoms with Crippen molar-refractivity contribution in [2.45, 2.75) is 18.7 Å². The molecule has 1 aromatic heterocycles. The molecule has 0 saturated heterocycles. The number of fused-ring (bicyclic) bond motifs is 1. The first-order valence-electron chi connectivity index (χ1n) is 7.19. The average molecular weight is 346 g/mol. The number of anilines is 1. The van der Waals surface area contributed by atoms with Gasteiger partial charge in [0.1, 0.15) is 5.82 Å². The van der Waals surface area contributed by atoms with Crippen LogP contribution < -0.4 is 10.3 Å². The molecule has 5 nitrogen and oxygen atoms in total. The average Bonchev–Trinajstić information content (AvgIpc) is 2.51. The Balaban J connectivity index is 2.00. The Morgan fingerprint density at radius 1 is 1.00 bits per heavy atom. The number of aryl methyl sites for hydroxylation is 2. The number of halogens is 1. The second-order valence-corrected chi connectivity index (χ2v) is 7.28. The van der Waals surface area contributed by atoms with Gasteiger partial charge >= 0.3 is 0 Å². The fourth-order valence-corrected chi connectivity index (χ4v) is 3.51. The summed E-state index contributed by atoms with van der Waals surface area (Å²) in [6.45, 7) is 3.20. The summed E-state index contributed by atoms with van der Waals surface area (Å²) in [5, 5.41) is 0.799. The van der Waals surface area contributed by atoms with Crippen LogP contribution in [0.1, 0.15) is 11.1 Å². The Hall–Kier alpha value is -2.67. The van der Waals surface area contributed by atoms with Crippen molar-refractivity contribution in [1.29, 1.82) is 0 Å². The van der Waals surface area contributed by atoms with E-state index >= 15 is 0 Å². The van der Waals surface area contributed by atoms with Crippen molar-refractivity contribution in [2.24, 2.45) is 0 Å². The van der Waals surface area contributed by atoms with Crippen molar-refractivity contribution >= 4 is 26.6 Å². The summed E-state index contributed by atoms with van der Waals surface area (Å²) in [5.74, 6) is -0.465. The highest BCUT2D eigenvalue weighted by Crippen LogP contribution is 2.21. The van der Waals surface area contributed by atoms with Crippen LogP contribution in [0.2, 0.25) is 0 Å². The van der Waals surface area contributed by atoms with E-state index in [4.69, 9.17) is 0 Å². The molecule has 124 valence electrons. The molecule has 0 aliphatic carbocycles. The van der Waals surface area contributed by atoms with E-state index in [1.807, 2.05) is 0 Å². The first-order chi connectivity index (χ1) is 11.3. The van der Waals surface area contributed by atoms with E-state index in [2.05, 4.69) is 9.71 Å². The van der Waals surface area contributed by atoms with Crippen LogP contribution in [-0.4, -0.2) is 13.4 Å². The number of rotatable bonds is 3. The van der Waals surface area contributed by atoms with Crippen molar-refractivity contribution in [3.05, 3.63) is 69.8 Å². The van der Waals surface area contributed by atoms with Gasteiger partial charge in [-0.15, -0.1) is 0 Å². The smallest absolute Gasteiger partial charge is 0.261 e. The summed E-state index contributed by atoms with van der Waals surface area (Å²) in [6, 6.07) is 10.2. The lowest BCUT2D eigenvalue weighted by Gasteiger charge is -2.10. The molecule has 1 heterocycles. The maximum Gasteiger partial charge on any atom is 0.261 e. The summed E-state index contributed by atoms with van der Waals surface area (Å²) in [5.41, 5.74) is 1.44. The minimum atomic E-state index is -3.85. The van der Waals surface area contributed by atoms with Crippen molar-refractivity contribution < 1.29 is 12.8 Å². The number of benzene rings is 2. The summed E-state index contributed by atoms with van der Waals surface area (Å²) in [6.07, 6.45) is 0. The van der Waals surface area contributed by atoms with Crippen LogP contribution in [0.25, 0.3) is 10.9 Å². The second kappa shape index (κ2) is 5.76. The number of nitrogens with one attached hydrogen (secondary N) is 2. The molecule has 24 heavy (non-hydrogen) atoms. The zero-order valence-electron chi connectivity index (χ0n) is 13.1. The van der Waals surface area contributed by atoms with Gasteiger partial charge in [0.25, 0.3) is 15.6 Å². The quantitative estimate of drug-likeness (QED) is 0.765. The lowest BCUT2D eigenvalue weighted by molar-refractivity contribution is 0.598. The van der Waals surface area contributed by atoms with Crippen molar-refractivity contribution in [3.8, 4) is 0 Å². The number of aromatic amines is 1. The normalized spacial score (nSPS) is 11.6. The molecule has 0 aliphatic rings. The highest BCUT2D eigenvalue weighted by atomic mass is 32.2. The van der Waals surface area contributed by atoms with Gasteiger partial charge in [0.2, 0.25) is 0 Å². The van der Waals surface area contributed by atoms with Gasteiger partial charge in [0.05, 0.1) is 16.1 Å². The number of hydrogen-bond donors (Lipinski definition) is 2. The zero-order chi connectivity index (χ0) is 17.5. The minimum absolute atomic E-state index is 0.0288. The summed E-state index contributed by atoms with van der Waals surface area (Å²) < 4.78 is 40.6. The predicted molar refractivity (Wildman–Crippen MR) is 91.3 cm³/mol. The molecule has 2 aromatic carbocycles. The monoisotopic (exact) mass is 346 g/mol. The third-order valence-electron chi connectivity index (χ3n) is 3.72. The molecular weight excluding hydrogens is 331 g/mol. The minimum Gasteiger partial charge on any atom is -0.322 e. The molecule has 0 spiro atoms. The molecule has 0 radical (unpaired) electrons. The maximum atomic E-state index is 13.3. The Morgan fingerprint density at radius 2 is 1.75 bits per heavy atom. The van der Waals surface area contributed by atoms with Gasteiger partial charge in [-0.1, -0.05) is 6.07 Å². The predicted octanol–water partition coefficient (Wildman–Crippen LogP) is 3.08.